The Kier molecular flexibility index (Phi) is 5.95. The highest BCUT2D eigenvalue weighted by molar-refractivity contribution is 6.13. The van der Waals surface area contributed by atoms with E-state index >= 15 is 0 Å². The third kappa shape index (κ3) is 4.01. The van der Waals surface area contributed by atoms with Gasteiger partial charge < -0.3 is 9.47 Å². The van der Waals surface area contributed by atoms with Crippen molar-refractivity contribution >= 4 is 60.4 Å². The minimum Gasteiger partial charge on any atom is -0.310 e. The number of para-hydroxylation sites is 3. The van der Waals surface area contributed by atoms with Crippen LogP contribution >= 0.6 is 0 Å². The summed E-state index contributed by atoms with van der Waals surface area (Å²) >= 11 is 0. The molecule has 1 aliphatic carbocycles. The van der Waals surface area contributed by atoms with Gasteiger partial charge in [0, 0.05) is 38.3 Å². The molecule has 0 saturated heterocycles. The summed E-state index contributed by atoms with van der Waals surface area (Å²) < 4.78 is 2.48. The van der Waals surface area contributed by atoms with Gasteiger partial charge in [-0.15, -0.1) is 0 Å². The molecule has 0 saturated carbocycles. The lowest BCUT2D eigenvalue weighted by molar-refractivity contribution is 0.660. The van der Waals surface area contributed by atoms with E-state index in [9.17, 15) is 0 Å². The van der Waals surface area contributed by atoms with E-state index in [2.05, 4.69) is 193 Å². The first-order valence-corrected chi connectivity index (χ1v) is 17.1. The van der Waals surface area contributed by atoms with Gasteiger partial charge in [0.05, 0.1) is 22.4 Å². The zero-order chi connectivity index (χ0) is 32.7. The van der Waals surface area contributed by atoms with Crippen molar-refractivity contribution in [2.45, 2.75) is 19.3 Å². The van der Waals surface area contributed by atoms with Crippen LogP contribution in [0, 0.1) is 0 Å². The average Bonchev–Trinajstić information content (AvgIpc) is 3.60. The molecule has 1 aliphatic rings. The quantitative estimate of drug-likeness (QED) is 0.189. The zero-order valence-corrected chi connectivity index (χ0v) is 27.6. The van der Waals surface area contributed by atoms with Crippen LogP contribution in [0.1, 0.15) is 25.0 Å². The summed E-state index contributed by atoms with van der Waals surface area (Å²) in [6.07, 6.45) is 0. The molecule has 0 atom stereocenters. The molecule has 0 radical (unpaired) electrons. The molecule has 9 aromatic rings. The Morgan fingerprint density at radius 2 is 1.04 bits per heavy atom. The summed E-state index contributed by atoms with van der Waals surface area (Å²) in [7, 11) is 0. The normalized spacial score (nSPS) is 13.3. The fourth-order valence-corrected chi connectivity index (χ4v) is 8.47. The summed E-state index contributed by atoms with van der Waals surface area (Å²) in [6, 6.07) is 62.3. The van der Waals surface area contributed by atoms with E-state index in [1.165, 1.54) is 77.0 Å². The van der Waals surface area contributed by atoms with E-state index in [1.54, 1.807) is 0 Å². The Morgan fingerprint density at radius 3 is 1.78 bits per heavy atom. The van der Waals surface area contributed by atoms with E-state index in [4.69, 9.17) is 0 Å². The largest absolute Gasteiger partial charge is 0.310 e. The highest BCUT2D eigenvalue weighted by atomic mass is 15.1. The van der Waals surface area contributed by atoms with Gasteiger partial charge in [-0.3, -0.25) is 0 Å². The van der Waals surface area contributed by atoms with Crippen LogP contribution < -0.4 is 4.90 Å². The van der Waals surface area contributed by atoms with Crippen molar-refractivity contribution in [2.75, 3.05) is 4.90 Å². The maximum absolute atomic E-state index is 2.48. The number of aromatic nitrogens is 1. The molecule has 8 aromatic carbocycles. The molecule has 0 fully saturated rings. The lowest BCUT2D eigenvalue weighted by Gasteiger charge is -2.29. The summed E-state index contributed by atoms with van der Waals surface area (Å²) in [6.45, 7) is 4.80. The third-order valence-electron chi connectivity index (χ3n) is 10.7. The Labute approximate surface area is 286 Å². The Hall–Kier alpha value is -6.12. The van der Waals surface area contributed by atoms with Crippen LogP contribution in [0.5, 0.6) is 0 Å². The molecule has 10 rings (SSSR count). The second-order valence-electron chi connectivity index (χ2n) is 13.8. The predicted molar refractivity (Wildman–Crippen MR) is 208 cm³/mol. The molecule has 49 heavy (non-hydrogen) atoms. The molecule has 0 bridgehead atoms. The SMILES string of the molecule is CC1(C)c2cc(N(c3ccccc3)c3cccc4ccccc34)ccc2-c2c1cc(-n1c3ccccc3c3ccccc31)c1ccccc21. The van der Waals surface area contributed by atoms with Crippen molar-refractivity contribution in [1.29, 1.82) is 0 Å². The van der Waals surface area contributed by atoms with Crippen molar-refractivity contribution in [2.24, 2.45) is 0 Å². The van der Waals surface area contributed by atoms with Gasteiger partial charge in [-0.05, 0) is 81.6 Å². The second-order valence-corrected chi connectivity index (χ2v) is 13.8. The molecule has 2 nitrogen and oxygen atoms in total. The van der Waals surface area contributed by atoms with Gasteiger partial charge in [0.15, 0.2) is 0 Å². The number of benzene rings is 8. The van der Waals surface area contributed by atoms with Crippen LogP contribution in [-0.4, -0.2) is 4.57 Å². The second kappa shape index (κ2) is 10.4. The maximum atomic E-state index is 2.48. The van der Waals surface area contributed by atoms with Crippen molar-refractivity contribution in [3.05, 3.63) is 181 Å². The van der Waals surface area contributed by atoms with Crippen molar-refractivity contribution in [1.82, 2.24) is 4.57 Å². The van der Waals surface area contributed by atoms with Crippen LogP contribution in [0.3, 0.4) is 0 Å². The van der Waals surface area contributed by atoms with Crippen molar-refractivity contribution in [3.8, 4) is 16.8 Å². The molecule has 1 aromatic heterocycles. The molecule has 1 heterocycles. The highest BCUT2D eigenvalue weighted by Gasteiger charge is 2.38. The minimum atomic E-state index is -0.223. The number of anilines is 3. The monoisotopic (exact) mass is 626 g/mol. The highest BCUT2D eigenvalue weighted by Crippen LogP contribution is 2.54. The first-order chi connectivity index (χ1) is 24.1. The summed E-state index contributed by atoms with van der Waals surface area (Å²) in [4.78, 5) is 2.42. The van der Waals surface area contributed by atoms with Gasteiger partial charge in [0.25, 0.3) is 0 Å². The first kappa shape index (κ1) is 27.9. The Morgan fingerprint density at radius 1 is 0.449 bits per heavy atom. The smallest absolute Gasteiger partial charge is 0.0544 e. The fraction of sp³-hybridized carbons (Fsp3) is 0.0638. The van der Waals surface area contributed by atoms with Gasteiger partial charge in [-0.2, -0.15) is 0 Å². The number of hydrogen-bond donors (Lipinski definition) is 0. The van der Waals surface area contributed by atoms with Crippen LogP contribution in [-0.2, 0) is 5.41 Å². The molecular formula is C47H34N2. The Bertz CT molecular complexity index is 2690. The van der Waals surface area contributed by atoms with Crippen molar-refractivity contribution < 1.29 is 0 Å². The number of fused-ring (bicyclic) bond motifs is 9. The van der Waals surface area contributed by atoms with Gasteiger partial charge in [0.2, 0.25) is 0 Å². The van der Waals surface area contributed by atoms with Crippen LogP contribution in [0.4, 0.5) is 17.1 Å². The molecule has 0 unspecified atom stereocenters. The first-order valence-electron chi connectivity index (χ1n) is 17.1. The summed E-state index contributed by atoms with van der Waals surface area (Å²) in [5.41, 5.74) is 12.3. The molecule has 0 aliphatic heterocycles. The van der Waals surface area contributed by atoms with Crippen LogP contribution in [0.25, 0.3) is 60.2 Å². The van der Waals surface area contributed by atoms with Gasteiger partial charge >= 0.3 is 0 Å². The van der Waals surface area contributed by atoms with E-state index in [0.29, 0.717) is 0 Å². The molecule has 0 spiro atoms. The molecule has 2 heteroatoms. The van der Waals surface area contributed by atoms with E-state index in [-0.39, 0.29) is 5.41 Å². The number of hydrogen-bond acceptors (Lipinski definition) is 1. The van der Waals surface area contributed by atoms with Gasteiger partial charge in [-0.25, -0.2) is 0 Å². The van der Waals surface area contributed by atoms with Gasteiger partial charge in [-0.1, -0.05) is 135 Å². The van der Waals surface area contributed by atoms with E-state index in [0.717, 1.165) is 11.4 Å². The lowest BCUT2D eigenvalue weighted by atomic mass is 9.81. The minimum absolute atomic E-state index is 0.223. The zero-order valence-electron chi connectivity index (χ0n) is 27.6. The predicted octanol–water partition coefficient (Wildman–Crippen LogP) is 12.9. The topological polar surface area (TPSA) is 8.17 Å². The Balaban J connectivity index is 1.22. The van der Waals surface area contributed by atoms with Crippen LogP contribution in [0.2, 0.25) is 0 Å². The molecule has 0 N–H and O–H groups in total. The number of rotatable bonds is 4. The lowest BCUT2D eigenvalue weighted by Crippen LogP contribution is -2.17. The van der Waals surface area contributed by atoms with E-state index in [1.807, 2.05) is 0 Å². The van der Waals surface area contributed by atoms with E-state index < -0.39 is 0 Å². The summed E-state index contributed by atoms with van der Waals surface area (Å²) in [5, 5.41) is 7.60. The molecule has 232 valence electrons. The van der Waals surface area contributed by atoms with Crippen molar-refractivity contribution in [3.63, 3.8) is 0 Å². The molecular weight excluding hydrogens is 593 g/mol. The molecule has 0 amide bonds. The number of nitrogens with zero attached hydrogens (tertiary/aromatic N) is 2. The standard InChI is InChI=1S/C47H34N2/c1-47(2)40-29-33(48(32-17-4-3-5-18-32)42-26-14-16-31-15-6-7-19-34(31)42)27-28-39(40)46-38-23-9-8-22-37(38)45(30-41(46)47)49-43-24-12-10-20-35(43)36-21-11-13-25-44(36)49/h3-30H,1-2H3. The fourth-order valence-electron chi connectivity index (χ4n) is 8.47. The summed E-state index contributed by atoms with van der Waals surface area (Å²) in [5.74, 6) is 0. The van der Waals surface area contributed by atoms with Crippen LogP contribution in [0.15, 0.2) is 170 Å². The maximum Gasteiger partial charge on any atom is 0.0544 e. The van der Waals surface area contributed by atoms with Gasteiger partial charge in [0.1, 0.15) is 0 Å². The third-order valence-corrected chi connectivity index (χ3v) is 10.7. The average molecular weight is 627 g/mol.